The van der Waals surface area contributed by atoms with E-state index in [1.54, 1.807) is 4.68 Å². The number of aromatic nitrogens is 4. The lowest BCUT2D eigenvalue weighted by molar-refractivity contribution is -0.118. The Balaban J connectivity index is 1.60. The van der Waals surface area contributed by atoms with Gasteiger partial charge in [-0.15, -0.1) is 5.10 Å². The van der Waals surface area contributed by atoms with Crippen LogP contribution in [0.25, 0.3) is 0 Å². The van der Waals surface area contributed by atoms with Gasteiger partial charge in [-0.2, -0.15) is 0 Å². The molecular formula is C18H25N5O3S. The number of rotatable bonds is 8. The number of benzene rings is 1. The van der Waals surface area contributed by atoms with Gasteiger partial charge in [-0.25, -0.2) is 4.68 Å². The standard InChI is InChI=1S/C18H25N5O3S/c1-5-25-15-7-13-6-12(4)26-16(13)8-14(15)9-19-17(24)10-27-18-20-21-22-23(18)11(2)3/h7-8,11-12H,5-6,9-10H2,1-4H3,(H,19,24)/t12-/m1/s1. The molecule has 2 aromatic rings. The van der Waals surface area contributed by atoms with Crippen molar-refractivity contribution in [2.75, 3.05) is 12.4 Å². The van der Waals surface area contributed by atoms with Crippen LogP contribution in [0.2, 0.25) is 0 Å². The zero-order valence-corrected chi connectivity index (χ0v) is 16.9. The summed E-state index contributed by atoms with van der Waals surface area (Å²) < 4.78 is 13.3. The first-order chi connectivity index (χ1) is 13.0. The number of carbonyl (C=O) groups is 1. The summed E-state index contributed by atoms with van der Waals surface area (Å²) in [6.07, 6.45) is 1.05. The van der Waals surface area contributed by atoms with Crippen LogP contribution in [0.5, 0.6) is 11.5 Å². The lowest BCUT2D eigenvalue weighted by Gasteiger charge is -2.13. The van der Waals surface area contributed by atoms with Crippen molar-refractivity contribution < 1.29 is 14.3 Å². The number of ether oxygens (including phenoxy) is 2. The van der Waals surface area contributed by atoms with Gasteiger partial charge in [0.2, 0.25) is 11.1 Å². The molecule has 2 heterocycles. The Labute approximate surface area is 163 Å². The quantitative estimate of drug-likeness (QED) is 0.691. The maximum absolute atomic E-state index is 12.3. The second kappa shape index (κ2) is 8.60. The van der Waals surface area contributed by atoms with Crippen LogP contribution in [0, 0.1) is 0 Å². The molecule has 0 radical (unpaired) electrons. The third kappa shape index (κ3) is 4.71. The molecule has 3 rings (SSSR count). The molecule has 146 valence electrons. The average molecular weight is 391 g/mol. The molecule has 0 unspecified atom stereocenters. The monoisotopic (exact) mass is 391 g/mol. The minimum atomic E-state index is -0.0875. The van der Waals surface area contributed by atoms with Gasteiger partial charge in [-0.05, 0) is 50.3 Å². The van der Waals surface area contributed by atoms with E-state index in [-0.39, 0.29) is 23.8 Å². The van der Waals surface area contributed by atoms with Gasteiger partial charge in [0.15, 0.2) is 0 Å². The van der Waals surface area contributed by atoms with Crippen LogP contribution < -0.4 is 14.8 Å². The zero-order valence-electron chi connectivity index (χ0n) is 16.1. The first-order valence-electron chi connectivity index (χ1n) is 9.10. The second-order valence-corrected chi connectivity index (χ2v) is 7.64. The fraction of sp³-hybridized carbons (Fsp3) is 0.556. The van der Waals surface area contributed by atoms with Gasteiger partial charge >= 0.3 is 0 Å². The highest BCUT2D eigenvalue weighted by Gasteiger charge is 2.22. The van der Waals surface area contributed by atoms with Crippen molar-refractivity contribution in [2.24, 2.45) is 0 Å². The van der Waals surface area contributed by atoms with E-state index >= 15 is 0 Å². The van der Waals surface area contributed by atoms with Crippen molar-refractivity contribution in [1.82, 2.24) is 25.5 Å². The Morgan fingerprint density at radius 2 is 2.30 bits per heavy atom. The van der Waals surface area contributed by atoms with E-state index in [1.807, 2.05) is 39.8 Å². The molecule has 0 saturated carbocycles. The van der Waals surface area contributed by atoms with E-state index in [0.717, 1.165) is 29.0 Å². The van der Waals surface area contributed by atoms with Crippen LogP contribution in [0.15, 0.2) is 17.3 Å². The van der Waals surface area contributed by atoms with Gasteiger partial charge in [-0.1, -0.05) is 11.8 Å². The van der Waals surface area contributed by atoms with Crippen LogP contribution in [0.1, 0.15) is 44.9 Å². The maximum atomic E-state index is 12.3. The van der Waals surface area contributed by atoms with Crippen molar-refractivity contribution >= 4 is 17.7 Å². The predicted molar refractivity (Wildman–Crippen MR) is 102 cm³/mol. The van der Waals surface area contributed by atoms with E-state index in [0.29, 0.717) is 18.3 Å². The van der Waals surface area contributed by atoms with Crippen LogP contribution >= 0.6 is 11.8 Å². The fourth-order valence-corrected chi connectivity index (χ4v) is 3.73. The molecule has 0 spiro atoms. The van der Waals surface area contributed by atoms with Gasteiger partial charge in [-0.3, -0.25) is 4.79 Å². The van der Waals surface area contributed by atoms with Crippen LogP contribution in [0.3, 0.4) is 0 Å². The SMILES string of the molecule is CCOc1cc2c(cc1CNC(=O)CSc1nnnn1C(C)C)O[C@H](C)C2. The lowest BCUT2D eigenvalue weighted by Crippen LogP contribution is -2.25. The largest absolute Gasteiger partial charge is 0.494 e. The molecule has 27 heavy (non-hydrogen) atoms. The molecule has 1 amide bonds. The molecule has 0 fully saturated rings. The zero-order chi connectivity index (χ0) is 19.4. The highest BCUT2D eigenvalue weighted by molar-refractivity contribution is 7.99. The Kier molecular flexibility index (Phi) is 6.20. The van der Waals surface area contributed by atoms with Crippen molar-refractivity contribution in [3.8, 4) is 11.5 Å². The molecule has 9 heteroatoms. The summed E-state index contributed by atoms with van der Waals surface area (Å²) in [4.78, 5) is 12.3. The Hall–Kier alpha value is -2.29. The number of tetrazole rings is 1. The Bertz CT molecular complexity index is 808. The Morgan fingerprint density at radius 1 is 1.48 bits per heavy atom. The van der Waals surface area contributed by atoms with Gasteiger partial charge in [0.1, 0.15) is 17.6 Å². The number of amides is 1. The molecule has 1 aliphatic heterocycles. The summed E-state index contributed by atoms with van der Waals surface area (Å²) in [6, 6.07) is 4.14. The third-order valence-corrected chi connectivity index (χ3v) is 5.07. The van der Waals surface area contributed by atoms with Crippen LogP contribution in [0.4, 0.5) is 0 Å². The number of hydrogen-bond donors (Lipinski definition) is 1. The van der Waals surface area contributed by atoms with Gasteiger partial charge in [0, 0.05) is 24.1 Å². The molecule has 0 saturated heterocycles. The van der Waals surface area contributed by atoms with E-state index in [9.17, 15) is 4.79 Å². The number of nitrogens with one attached hydrogen (secondary N) is 1. The molecule has 0 aliphatic carbocycles. The van der Waals surface area contributed by atoms with E-state index < -0.39 is 0 Å². The average Bonchev–Trinajstić information content (AvgIpc) is 3.23. The molecule has 1 atom stereocenters. The third-order valence-electron chi connectivity index (χ3n) is 4.14. The molecular weight excluding hydrogens is 366 g/mol. The van der Waals surface area contributed by atoms with Gasteiger partial charge < -0.3 is 14.8 Å². The van der Waals surface area contributed by atoms with Gasteiger partial charge in [0.25, 0.3) is 0 Å². The number of nitrogens with zero attached hydrogens (tertiary/aromatic N) is 4. The highest BCUT2D eigenvalue weighted by Crippen LogP contribution is 2.35. The summed E-state index contributed by atoms with van der Waals surface area (Å²) in [5.41, 5.74) is 2.06. The summed E-state index contributed by atoms with van der Waals surface area (Å²) >= 11 is 1.32. The van der Waals surface area contributed by atoms with Crippen LogP contribution in [-0.2, 0) is 17.8 Å². The van der Waals surface area contributed by atoms with Gasteiger partial charge in [0.05, 0.1) is 18.4 Å². The summed E-state index contributed by atoms with van der Waals surface area (Å²) in [5, 5.41) is 15.1. The molecule has 1 N–H and O–H groups in total. The smallest absolute Gasteiger partial charge is 0.230 e. The first-order valence-corrected chi connectivity index (χ1v) is 10.1. The lowest BCUT2D eigenvalue weighted by atomic mass is 10.1. The van der Waals surface area contributed by atoms with Crippen LogP contribution in [-0.4, -0.2) is 44.6 Å². The minimum absolute atomic E-state index is 0.0875. The number of fused-ring (bicyclic) bond motifs is 1. The number of thioether (sulfide) groups is 1. The Morgan fingerprint density at radius 3 is 3.04 bits per heavy atom. The minimum Gasteiger partial charge on any atom is -0.494 e. The summed E-state index contributed by atoms with van der Waals surface area (Å²) in [5.74, 6) is 1.83. The number of hydrogen-bond acceptors (Lipinski definition) is 7. The summed E-state index contributed by atoms with van der Waals surface area (Å²) in [7, 11) is 0. The number of carbonyl (C=O) groups excluding carboxylic acids is 1. The van der Waals surface area contributed by atoms with E-state index in [2.05, 4.69) is 20.8 Å². The topological polar surface area (TPSA) is 91.2 Å². The van der Waals surface area contributed by atoms with E-state index in [4.69, 9.17) is 9.47 Å². The normalized spacial score (nSPS) is 15.5. The highest BCUT2D eigenvalue weighted by atomic mass is 32.2. The van der Waals surface area contributed by atoms with Crippen molar-refractivity contribution in [2.45, 2.75) is 58.0 Å². The molecule has 0 bridgehead atoms. The van der Waals surface area contributed by atoms with Crippen molar-refractivity contribution in [1.29, 1.82) is 0 Å². The van der Waals surface area contributed by atoms with Crippen molar-refractivity contribution in [3.05, 3.63) is 23.3 Å². The predicted octanol–water partition coefficient (Wildman–Crippen LogP) is 2.38. The molecule has 1 aliphatic rings. The first kappa shape index (κ1) is 19.5. The second-order valence-electron chi connectivity index (χ2n) is 6.70. The molecule has 1 aromatic heterocycles. The molecule has 1 aromatic carbocycles. The van der Waals surface area contributed by atoms with E-state index in [1.165, 1.54) is 11.8 Å². The van der Waals surface area contributed by atoms with Crippen molar-refractivity contribution in [3.63, 3.8) is 0 Å². The maximum Gasteiger partial charge on any atom is 0.230 e. The summed E-state index contributed by atoms with van der Waals surface area (Å²) in [6.45, 7) is 8.94. The molecule has 8 nitrogen and oxygen atoms in total. The fourth-order valence-electron chi connectivity index (χ4n) is 2.89.